The maximum atomic E-state index is 6.22. The second-order valence-electron chi connectivity index (χ2n) is 4.46. The van der Waals surface area contributed by atoms with E-state index < -0.39 is 0 Å². The lowest BCUT2D eigenvalue weighted by Crippen LogP contribution is -2.36. The summed E-state index contributed by atoms with van der Waals surface area (Å²) in [7, 11) is 0. The van der Waals surface area contributed by atoms with Gasteiger partial charge >= 0.3 is 0 Å². The molecule has 0 N–H and O–H groups in total. The Morgan fingerprint density at radius 1 is 1.47 bits per heavy atom. The number of alkyl halides is 1. The predicted octanol–water partition coefficient (Wildman–Crippen LogP) is 4.50. The molecule has 0 spiro atoms. The molecule has 1 aliphatic rings. The Hall–Kier alpha value is 0.200. The zero-order chi connectivity index (χ0) is 12.4. The van der Waals surface area contributed by atoms with E-state index in [2.05, 4.69) is 48.7 Å². The molecule has 0 aliphatic carbocycles. The van der Waals surface area contributed by atoms with Crippen molar-refractivity contribution in [3.63, 3.8) is 0 Å². The SMILES string of the molecule is CC(Br)C1CCN(c2ncc(Br)cc2Cl)CC1. The third kappa shape index (κ3) is 3.36. The summed E-state index contributed by atoms with van der Waals surface area (Å²) in [4.78, 5) is 7.28. The molecule has 0 aromatic carbocycles. The first kappa shape index (κ1) is 13.6. The van der Waals surface area contributed by atoms with Crippen LogP contribution >= 0.6 is 43.5 Å². The third-order valence-electron chi connectivity index (χ3n) is 3.28. The lowest BCUT2D eigenvalue weighted by atomic mass is 9.94. The van der Waals surface area contributed by atoms with Crippen LogP contribution in [-0.4, -0.2) is 22.9 Å². The molecule has 0 amide bonds. The first-order chi connectivity index (χ1) is 8.08. The minimum absolute atomic E-state index is 0.595. The Morgan fingerprint density at radius 3 is 2.65 bits per heavy atom. The first-order valence-electron chi connectivity index (χ1n) is 5.78. The molecule has 1 unspecified atom stereocenters. The van der Waals surface area contributed by atoms with Gasteiger partial charge in [-0.25, -0.2) is 4.98 Å². The number of halogens is 3. The molecule has 0 saturated carbocycles. The third-order valence-corrected chi connectivity index (χ3v) is 4.74. The average Bonchev–Trinajstić information content (AvgIpc) is 2.29. The molecule has 1 aromatic heterocycles. The van der Waals surface area contributed by atoms with Crippen molar-refractivity contribution < 1.29 is 0 Å². The highest BCUT2D eigenvalue weighted by molar-refractivity contribution is 9.10. The summed E-state index contributed by atoms with van der Waals surface area (Å²) in [5.41, 5.74) is 0. The molecule has 2 rings (SSSR count). The Morgan fingerprint density at radius 2 is 2.12 bits per heavy atom. The van der Waals surface area contributed by atoms with E-state index in [-0.39, 0.29) is 0 Å². The van der Waals surface area contributed by atoms with Crippen LogP contribution in [0.1, 0.15) is 19.8 Å². The zero-order valence-electron chi connectivity index (χ0n) is 9.67. The molecular formula is C12H15Br2ClN2. The largest absolute Gasteiger partial charge is 0.355 e. The van der Waals surface area contributed by atoms with E-state index >= 15 is 0 Å². The fraction of sp³-hybridized carbons (Fsp3) is 0.583. The van der Waals surface area contributed by atoms with Gasteiger partial charge in [-0.3, -0.25) is 0 Å². The van der Waals surface area contributed by atoms with Crippen LogP contribution in [-0.2, 0) is 0 Å². The summed E-state index contributed by atoms with van der Waals surface area (Å²) in [6.07, 6.45) is 4.20. The molecule has 5 heteroatoms. The summed E-state index contributed by atoms with van der Waals surface area (Å²) in [6, 6.07) is 1.91. The van der Waals surface area contributed by atoms with Crippen molar-refractivity contribution in [3.05, 3.63) is 21.8 Å². The van der Waals surface area contributed by atoms with Gasteiger partial charge in [0.25, 0.3) is 0 Å². The average molecular weight is 383 g/mol. The van der Waals surface area contributed by atoms with Crippen molar-refractivity contribution in [2.75, 3.05) is 18.0 Å². The quantitative estimate of drug-likeness (QED) is 0.700. The molecule has 94 valence electrons. The van der Waals surface area contributed by atoms with Gasteiger partial charge in [0.05, 0.1) is 5.02 Å². The number of nitrogens with zero attached hydrogens (tertiary/aromatic N) is 2. The number of pyridine rings is 1. The van der Waals surface area contributed by atoms with E-state index in [9.17, 15) is 0 Å². The summed E-state index contributed by atoms with van der Waals surface area (Å²) >= 11 is 13.3. The Balaban J connectivity index is 2.05. The Bertz CT molecular complexity index is 390. The lowest BCUT2D eigenvalue weighted by Gasteiger charge is -2.34. The molecule has 17 heavy (non-hydrogen) atoms. The van der Waals surface area contributed by atoms with Gasteiger partial charge in [-0.1, -0.05) is 34.5 Å². The van der Waals surface area contributed by atoms with Crippen molar-refractivity contribution in [2.45, 2.75) is 24.6 Å². The van der Waals surface area contributed by atoms with Crippen LogP contribution in [0.5, 0.6) is 0 Å². The van der Waals surface area contributed by atoms with Gasteiger partial charge in [-0.2, -0.15) is 0 Å². The van der Waals surface area contributed by atoms with Gasteiger partial charge < -0.3 is 4.90 Å². The van der Waals surface area contributed by atoms with Gasteiger partial charge in [0.1, 0.15) is 5.82 Å². The smallest absolute Gasteiger partial charge is 0.147 e. The minimum atomic E-state index is 0.595. The first-order valence-corrected chi connectivity index (χ1v) is 7.86. The summed E-state index contributed by atoms with van der Waals surface area (Å²) in [5, 5.41) is 0.727. The summed E-state index contributed by atoms with van der Waals surface area (Å²) < 4.78 is 0.926. The second-order valence-corrected chi connectivity index (χ2v) is 7.23. The van der Waals surface area contributed by atoms with Gasteiger partial charge in [-0.05, 0) is 40.8 Å². The number of hydrogen-bond acceptors (Lipinski definition) is 2. The van der Waals surface area contributed by atoms with E-state index in [1.165, 1.54) is 12.8 Å². The topological polar surface area (TPSA) is 16.1 Å². The van der Waals surface area contributed by atoms with Crippen molar-refractivity contribution in [1.29, 1.82) is 0 Å². The highest BCUT2D eigenvalue weighted by Gasteiger charge is 2.24. The predicted molar refractivity (Wildman–Crippen MR) is 80.3 cm³/mol. The van der Waals surface area contributed by atoms with Crippen LogP contribution in [0.4, 0.5) is 5.82 Å². The molecule has 1 atom stereocenters. The van der Waals surface area contributed by atoms with Crippen molar-refractivity contribution in [1.82, 2.24) is 4.98 Å². The molecule has 1 aliphatic heterocycles. The van der Waals surface area contributed by atoms with Crippen LogP contribution in [0.25, 0.3) is 0 Å². The van der Waals surface area contributed by atoms with Crippen LogP contribution in [0.3, 0.4) is 0 Å². The lowest BCUT2D eigenvalue weighted by molar-refractivity contribution is 0.405. The summed E-state index contributed by atoms with van der Waals surface area (Å²) in [6.45, 7) is 4.30. The van der Waals surface area contributed by atoms with E-state index in [0.717, 1.165) is 34.3 Å². The van der Waals surface area contributed by atoms with E-state index in [1.54, 1.807) is 6.20 Å². The Labute approximate surface area is 124 Å². The van der Waals surface area contributed by atoms with Crippen molar-refractivity contribution in [3.8, 4) is 0 Å². The fourth-order valence-corrected chi connectivity index (χ4v) is 3.49. The van der Waals surface area contributed by atoms with Crippen molar-refractivity contribution >= 4 is 49.3 Å². The van der Waals surface area contributed by atoms with E-state index in [0.29, 0.717) is 4.83 Å². The molecule has 2 nitrogen and oxygen atoms in total. The minimum Gasteiger partial charge on any atom is -0.355 e. The molecule has 1 saturated heterocycles. The van der Waals surface area contributed by atoms with Gasteiger partial charge in [0, 0.05) is 28.6 Å². The maximum absolute atomic E-state index is 6.22. The van der Waals surface area contributed by atoms with Crippen LogP contribution in [0, 0.1) is 5.92 Å². The standard InChI is InChI=1S/C12H15Br2ClN2/c1-8(13)9-2-4-17(5-3-9)12-11(15)6-10(14)7-16-12/h6-9H,2-5H2,1H3. The fourth-order valence-electron chi connectivity index (χ4n) is 2.21. The second kappa shape index (κ2) is 5.89. The number of hydrogen-bond donors (Lipinski definition) is 0. The zero-order valence-corrected chi connectivity index (χ0v) is 13.6. The number of aromatic nitrogens is 1. The van der Waals surface area contributed by atoms with E-state index in [4.69, 9.17) is 11.6 Å². The van der Waals surface area contributed by atoms with Crippen LogP contribution in [0.2, 0.25) is 5.02 Å². The summed E-state index contributed by atoms with van der Waals surface area (Å²) in [5.74, 6) is 1.68. The Kier molecular flexibility index (Phi) is 4.72. The van der Waals surface area contributed by atoms with Crippen molar-refractivity contribution in [2.24, 2.45) is 5.92 Å². The number of anilines is 1. The molecule has 1 fully saturated rings. The molecule has 0 bridgehead atoms. The monoisotopic (exact) mass is 380 g/mol. The molecular weight excluding hydrogens is 367 g/mol. The number of rotatable bonds is 2. The van der Waals surface area contributed by atoms with Crippen LogP contribution in [0.15, 0.2) is 16.7 Å². The highest BCUT2D eigenvalue weighted by Crippen LogP contribution is 2.31. The van der Waals surface area contributed by atoms with Crippen LogP contribution < -0.4 is 4.90 Å². The van der Waals surface area contributed by atoms with Gasteiger partial charge in [0.15, 0.2) is 0 Å². The van der Waals surface area contributed by atoms with Gasteiger partial charge in [0.2, 0.25) is 0 Å². The maximum Gasteiger partial charge on any atom is 0.147 e. The number of piperidine rings is 1. The molecule has 1 aromatic rings. The normalized spacial score (nSPS) is 19.4. The highest BCUT2D eigenvalue weighted by atomic mass is 79.9. The molecule has 0 radical (unpaired) electrons. The molecule has 2 heterocycles. The van der Waals surface area contributed by atoms with Gasteiger partial charge in [-0.15, -0.1) is 0 Å². The van der Waals surface area contributed by atoms with E-state index in [1.807, 2.05) is 6.07 Å².